The number of aryl methyl sites for hydroxylation is 3. The third-order valence-electron chi connectivity index (χ3n) is 4.52. The van der Waals surface area contributed by atoms with Gasteiger partial charge < -0.3 is 9.30 Å². The Hall–Kier alpha value is -3.47. The second kappa shape index (κ2) is 8.05. The molecule has 0 amide bonds. The van der Waals surface area contributed by atoms with Crippen molar-refractivity contribution in [3.05, 3.63) is 105 Å². The van der Waals surface area contributed by atoms with E-state index in [2.05, 4.69) is 0 Å². The van der Waals surface area contributed by atoms with E-state index < -0.39 is 12.1 Å². The number of hydrogen-bond acceptors (Lipinski definition) is 4. The molecule has 142 valence electrons. The number of rotatable bonds is 5. The van der Waals surface area contributed by atoms with E-state index in [-0.39, 0.29) is 16.9 Å². The van der Waals surface area contributed by atoms with E-state index >= 15 is 0 Å². The predicted octanol–water partition coefficient (Wildman–Crippen LogP) is 3.78. The van der Waals surface area contributed by atoms with Crippen LogP contribution in [0.1, 0.15) is 43.5 Å². The summed E-state index contributed by atoms with van der Waals surface area (Å²) in [7, 11) is 1.59. The van der Waals surface area contributed by atoms with Crippen LogP contribution >= 0.6 is 0 Å². The van der Waals surface area contributed by atoms with Crippen LogP contribution in [0.25, 0.3) is 0 Å². The zero-order chi connectivity index (χ0) is 20.3. The van der Waals surface area contributed by atoms with Crippen molar-refractivity contribution in [1.29, 1.82) is 0 Å². The highest BCUT2D eigenvalue weighted by Gasteiger charge is 2.27. The lowest BCUT2D eigenvalue weighted by Gasteiger charge is -2.18. The van der Waals surface area contributed by atoms with Crippen LogP contribution in [0.4, 0.5) is 0 Å². The molecule has 28 heavy (non-hydrogen) atoms. The molecule has 0 saturated heterocycles. The summed E-state index contributed by atoms with van der Waals surface area (Å²) in [6.07, 6.45) is 0.390. The Bertz CT molecular complexity index is 1060. The number of ether oxygens (including phenoxy) is 1. The van der Waals surface area contributed by atoms with E-state index in [0.29, 0.717) is 11.1 Å². The number of carbonyl (C=O) groups is 2. The normalized spacial score (nSPS) is 11.7. The van der Waals surface area contributed by atoms with Crippen LogP contribution < -0.4 is 5.56 Å². The predicted molar refractivity (Wildman–Crippen MR) is 107 cm³/mol. The first kappa shape index (κ1) is 19.3. The fraction of sp³-hybridized carbons (Fsp3) is 0.174. The molecule has 0 saturated carbocycles. The van der Waals surface area contributed by atoms with E-state index in [1.54, 1.807) is 31.3 Å². The Labute approximate surface area is 163 Å². The molecule has 0 spiro atoms. The maximum absolute atomic E-state index is 13.1. The van der Waals surface area contributed by atoms with Gasteiger partial charge in [-0.15, -0.1) is 0 Å². The van der Waals surface area contributed by atoms with Crippen molar-refractivity contribution in [2.45, 2.75) is 20.0 Å². The molecule has 5 nitrogen and oxygen atoms in total. The third-order valence-corrected chi connectivity index (χ3v) is 4.52. The number of esters is 1. The summed E-state index contributed by atoms with van der Waals surface area (Å²) in [5.74, 6) is -1.04. The fourth-order valence-electron chi connectivity index (χ4n) is 2.73. The first-order valence-corrected chi connectivity index (χ1v) is 8.90. The van der Waals surface area contributed by atoms with Crippen molar-refractivity contribution in [2.24, 2.45) is 7.05 Å². The van der Waals surface area contributed by atoms with Crippen molar-refractivity contribution in [2.75, 3.05) is 0 Å². The number of benzene rings is 2. The first-order chi connectivity index (χ1) is 13.3. The van der Waals surface area contributed by atoms with Crippen molar-refractivity contribution in [1.82, 2.24) is 4.57 Å². The van der Waals surface area contributed by atoms with Gasteiger partial charge in [0.15, 0.2) is 6.10 Å². The lowest BCUT2D eigenvalue weighted by atomic mass is 9.98. The Morgan fingerprint density at radius 3 is 2.00 bits per heavy atom. The topological polar surface area (TPSA) is 65.4 Å². The Kier molecular flexibility index (Phi) is 5.54. The number of hydrogen-bond donors (Lipinski definition) is 0. The summed E-state index contributed by atoms with van der Waals surface area (Å²) >= 11 is 0. The van der Waals surface area contributed by atoms with E-state index in [1.807, 2.05) is 38.1 Å². The SMILES string of the molecule is Cc1ccc(C(=O)[C@H](OC(=O)c2ccn(C)c(=O)c2)c2ccc(C)cc2)cc1. The van der Waals surface area contributed by atoms with Crippen LogP contribution in [0.2, 0.25) is 0 Å². The van der Waals surface area contributed by atoms with Gasteiger partial charge in [0.25, 0.3) is 5.56 Å². The number of pyridine rings is 1. The van der Waals surface area contributed by atoms with Gasteiger partial charge in [0, 0.05) is 30.4 Å². The van der Waals surface area contributed by atoms with Crippen LogP contribution in [0.5, 0.6) is 0 Å². The van der Waals surface area contributed by atoms with E-state index in [9.17, 15) is 14.4 Å². The maximum atomic E-state index is 13.1. The van der Waals surface area contributed by atoms with Crippen molar-refractivity contribution >= 4 is 11.8 Å². The molecule has 0 unspecified atom stereocenters. The van der Waals surface area contributed by atoms with Gasteiger partial charge in [-0.25, -0.2) is 4.79 Å². The minimum absolute atomic E-state index is 0.108. The highest BCUT2D eigenvalue weighted by molar-refractivity contribution is 6.02. The monoisotopic (exact) mass is 375 g/mol. The van der Waals surface area contributed by atoms with Crippen LogP contribution in [-0.2, 0) is 11.8 Å². The Balaban J connectivity index is 1.95. The molecule has 0 aliphatic carbocycles. The van der Waals surface area contributed by atoms with E-state index in [0.717, 1.165) is 11.1 Å². The summed E-state index contributed by atoms with van der Waals surface area (Å²) in [5.41, 5.74) is 2.87. The molecular formula is C23H21NO4. The molecule has 0 aliphatic heterocycles. The van der Waals surface area contributed by atoms with Crippen LogP contribution in [-0.4, -0.2) is 16.3 Å². The largest absolute Gasteiger partial charge is 0.445 e. The Morgan fingerprint density at radius 2 is 1.43 bits per heavy atom. The highest BCUT2D eigenvalue weighted by Crippen LogP contribution is 2.24. The molecule has 3 rings (SSSR count). The molecule has 0 N–H and O–H groups in total. The Morgan fingerprint density at radius 1 is 0.857 bits per heavy atom. The van der Waals surface area contributed by atoms with Gasteiger partial charge in [-0.3, -0.25) is 9.59 Å². The zero-order valence-corrected chi connectivity index (χ0v) is 16.0. The van der Waals surface area contributed by atoms with Crippen molar-refractivity contribution < 1.29 is 14.3 Å². The van der Waals surface area contributed by atoms with Gasteiger partial charge in [-0.1, -0.05) is 59.7 Å². The van der Waals surface area contributed by atoms with Crippen LogP contribution in [0, 0.1) is 13.8 Å². The van der Waals surface area contributed by atoms with Gasteiger partial charge >= 0.3 is 5.97 Å². The van der Waals surface area contributed by atoms with Crippen LogP contribution in [0.3, 0.4) is 0 Å². The quantitative estimate of drug-likeness (QED) is 0.503. The second-order valence-corrected chi connectivity index (χ2v) is 6.79. The molecule has 0 radical (unpaired) electrons. The molecule has 1 heterocycles. The summed E-state index contributed by atoms with van der Waals surface area (Å²) in [6, 6.07) is 17.0. The number of aromatic nitrogens is 1. The minimum atomic E-state index is -1.10. The molecule has 0 fully saturated rings. The number of Topliss-reactive ketones (excluding diaryl/α,β-unsaturated/α-hetero) is 1. The summed E-state index contributed by atoms with van der Waals surface area (Å²) < 4.78 is 6.92. The summed E-state index contributed by atoms with van der Waals surface area (Å²) in [6.45, 7) is 3.87. The lowest BCUT2D eigenvalue weighted by Crippen LogP contribution is -2.22. The van der Waals surface area contributed by atoms with Gasteiger partial charge in [0.2, 0.25) is 5.78 Å². The summed E-state index contributed by atoms with van der Waals surface area (Å²) in [5, 5.41) is 0. The molecule has 5 heteroatoms. The highest BCUT2D eigenvalue weighted by atomic mass is 16.5. The van der Waals surface area contributed by atoms with Crippen LogP contribution in [0.15, 0.2) is 71.7 Å². The fourth-order valence-corrected chi connectivity index (χ4v) is 2.73. The standard InChI is InChI=1S/C23H21NO4/c1-15-4-8-17(9-5-15)21(26)22(18-10-6-16(2)7-11-18)28-23(27)19-12-13-24(3)20(25)14-19/h4-14,22H,1-3H3/t22-/m1/s1. The van der Waals surface area contributed by atoms with E-state index in [1.165, 1.54) is 22.9 Å². The summed E-state index contributed by atoms with van der Waals surface area (Å²) in [4.78, 5) is 37.5. The average molecular weight is 375 g/mol. The van der Waals surface area contributed by atoms with Gasteiger partial charge in [0.1, 0.15) is 0 Å². The molecule has 1 atom stereocenters. The molecular weight excluding hydrogens is 354 g/mol. The number of ketones is 1. The lowest BCUT2D eigenvalue weighted by molar-refractivity contribution is 0.0279. The zero-order valence-electron chi connectivity index (χ0n) is 16.0. The molecule has 0 aliphatic rings. The van der Waals surface area contributed by atoms with Gasteiger partial charge in [-0.05, 0) is 19.9 Å². The average Bonchev–Trinajstić information content (AvgIpc) is 2.69. The molecule has 3 aromatic rings. The smallest absolute Gasteiger partial charge is 0.339 e. The van der Waals surface area contributed by atoms with Crippen molar-refractivity contribution in [3.8, 4) is 0 Å². The van der Waals surface area contributed by atoms with Gasteiger partial charge in [-0.2, -0.15) is 0 Å². The third kappa shape index (κ3) is 4.26. The molecule has 1 aromatic heterocycles. The maximum Gasteiger partial charge on any atom is 0.339 e. The number of nitrogens with zero attached hydrogens (tertiary/aromatic N) is 1. The van der Waals surface area contributed by atoms with Gasteiger partial charge in [0.05, 0.1) is 5.56 Å². The number of carbonyl (C=O) groups excluding carboxylic acids is 2. The van der Waals surface area contributed by atoms with E-state index in [4.69, 9.17) is 4.74 Å². The first-order valence-electron chi connectivity index (χ1n) is 8.90. The van der Waals surface area contributed by atoms with Crippen molar-refractivity contribution in [3.63, 3.8) is 0 Å². The second-order valence-electron chi connectivity index (χ2n) is 6.79. The molecule has 0 bridgehead atoms. The minimum Gasteiger partial charge on any atom is -0.445 e. The molecule has 2 aromatic carbocycles.